The Morgan fingerprint density at radius 2 is 1.86 bits per heavy atom. The molecule has 2 rings (SSSR count). The number of aromatic nitrogens is 2. The molecular weight excluding hydrogens is 262 g/mol. The second-order valence-corrected chi connectivity index (χ2v) is 5.25. The van der Waals surface area contributed by atoms with E-state index in [0.29, 0.717) is 6.54 Å². The Labute approximate surface area is 125 Å². The molecule has 1 unspecified atom stereocenters. The molecule has 1 aromatic carbocycles. The smallest absolute Gasteiger partial charge is 0.266 e. The Hall–Kier alpha value is -1.94. The third-order valence-electron chi connectivity index (χ3n) is 3.68. The van der Waals surface area contributed by atoms with Crippen LogP contribution in [0.15, 0.2) is 41.2 Å². The van der Waals surface area contributed by atoms with Crippen LogP contribution in [0.4, 0.5) is 0 Å². The van der Waals surface area contributed by atoms with E-state index in [1.54, 1.807) is 12.1 Å². The van der Waals surface area contributed by atoms with Gasteiger partial charge in [0.25, 0.3) is 5.56 Å². The van der Waals surface area contributed by atoms with Gasteiger partial charge in [0, 0.05) is 12.6 Å². The molecule has 1 aromatic heterocycles. The van der Waals surface area contributed by atoms with Gasteiger partial charge in [0.05, 0.1) is 11.7 Å². The molecule has 0 bridgehead atoms. The van der Waals surface area contributed by atoms with Gasteiger partial charge in [-0.05, 0) is 30.0 Å². The topological polar surface area (TPSA) is 60.9 Å². The van der Waals surface area contributed by atoms with E-state index in [4.69, 9.17) is 5.73 Å². The Balaban J connectivity index is 2.25. The summed E-state index contributed by atoms with van der Waals surface area (Å²) in [4.78, 5) is 11.8. The van der Waals surface area contributed by atoms with Crippen molar-refractivity contribution < 1.29 is 0 Å². The van der Waals surface area contributed by atoms with Crippen molar-refractivity contribution in [2.45, 2.75) is 45.7 Å². The number of hydrogen-bond acceptors (Lipinski definition) is 3. The molecule has 0 radical (unpaired) electrons. The average molecular weight is 285 g/mol. The van der Waals surface area contributed by atoms with E-state index < -0.39 is 0 Å². The number of rotatable bonds is 6. The Kier molecular flexibility index (Phi) is 5.28. The van der Waals surface area contributed by atoms with E-state index >= 15 is 0 Å². The first-order valence-electron chi connectivity index (χ1n) is 7.58. The highest BCUT2D eigenvalue weighted by molar-refractivity contribution is 5.29. The van der Waals surface area contributed by atoms with Crippen molar-refractivity contribution in [1.29, 1.82) is 0 Å². The molecule has 2 N–H and O–H groups in total. The van der Waals surface area contributed by atoms with Crippen LogP contribution in [0.3, 0.4) is 0 Å². The maximum absolute atomic E-state index is 11.8. The lowest BCUT2D eigenvalue weighted by Gasteiger charge is -2.13. The molecule has 0 aliphatic rings. The van der Waals surface area contributed by atoms with Crippen LogP contribution in [-0.4, -0.2) is 9.78 Å². The van der Waals surface area contributed by atoms with Gasteiger partial charge in [-0.3, -0.25) is 4.79 Å². The molecule has 0 amide bonds. The van der Waals surface area contributed by atoms with Gasteiger partial charge in [-0.2, -0.15) is 5.10 Å². The number of hydrogen-bond donors (Lipinski definition) is 1. The van der Waals surface area contributed by atoms with E-state index in [2.05, 4.69) is 31.1 Å². The fourth-order valence-corrected chi connectivity index (χ4v) is 2.23. The van der Waals surface area contributed by atoms with Crippen LogP contribution >= 0.6 is 0 Å². The molecular formula is C17H23N3O. The summed E-state index contributed by atoms with van der Waals surface area (Å²) in [6, 6.07) is 11.2. The molecule has 21 heavy (non-hydrogen) atoms. The van der Waals surface area contributed by atoms with Crippen LogP contribution in [-0.2, 0) is 13.0 Å². The standard InChI is InChI=1S/C17H23N3O/c1-3-5-12-20-16(21)11-10-15(19-20)17(18)14-8-6-13(4-2)7-9-14/h6-11,17H,3-5,12,18H2,1-2H3. The van der Waals surface area contributed by atoms with Crippen molar-refractivity contribution >= 4 is 0 Å². The SMILES string of the molecule is CCCCn1nc(C(N)c2ccc(CC)cc2)ccc1=O. The van der Waals surface area contributed by atoms with E-state index in [1.807, 2.05) is 12.1 Å². The maximum atomic E-state index is 11.8. The zero-order valence-electron chi connectivity index (χ0n) is 12.7. The normalized spacial score (nSPS) is 12.3. The predicted molar refractivity (Wildman–Crippen MR) is 85.3 cm³/mol. The largest absolute Gasteiger partial charge is 0.319 e. The number of unbranched alkanes of at least 4 members (excludes halogenated alkanes) is 1. The van der Waals surface area contributed by atoms with Gasteiger partial charge in [0.1, 0.15) is 0 Å². The fourth-order valence-electron chi connectivity index (χ4n) is 2.23. The molecule has 0 aliphatic heterocycles. The highest BCUT2D eigenvalue weighted by Crippen LogP contribution is 2.17. The summed E-state index contributed by atoms with van der Waals surface area (Å²) in [5, 5.41) is 4.41. The average Bonchev–Trinajstić information content (AvgIpc) is 2.53. The van der Waals surface area contributed by atoms with Gasteiger partial charge in [-0.15, -0.1) is 0 Å². The first-order chi connectivity index (χ1) is 10.2. The fraction of sp³-hybridized carbons (Fsp3) is 0.412. The number of benzene rings is 1. The molecule has 1 atom stereocenters. The monoisotopic (exact) mass is 285 g/mol. The van der Waals surface area contributed by atoms with Gasteiger partial charge in [0.2, 0.25) is 0 Å². The molecule has 2 aromatic rings. The quantitative estimate of drug-likeness (QED) is 0.887. The first-order valence-corrected chi connectivity index (χ1v) is 7.58. The number of nitrogens with two attached hydrogens (primary N) is 1. The highest BCUT2D eigenvalue weighted by atomic mass is 16.1. The molecule has 112 valence electrons. The van der Waals surface area contributed by atoms with Crippen molar-refractivity contribution in [3.05, 3.63) is 63.6 Å². The molecule has 1 heterocycles. The second kappa shape index (κ2) is 7.18. The van der Waals surface area contributed by atoms with Crippen molar-refractivity contribution in [1.82, 2.24) is 9.78 Å². The zero-order chi connectivity index (χ0) is 15.2. The minimum absolute atomic E-state index is 0.0688. The summed E-state index contributed by atoms with van der Waals surface area (Å²) >= 11 is 0. The van der Waals surface area contributed by atoms with Gasteiger partial charge >= 0.3 is 0 Å². The van der Waals surface area contributed by atoms with Crippen molar-refractivity contribution in [3.8, 4) is 0 Å². The maximum Gasteiger partial charge on any atom is 0.266 e. The third-order valence-corrected chi connectivity index (χ3v) is 3.68. The molecule has 4 nitrogen and oxygen atoms in total. The summed E-state index contributed by atoms with van der Waals surface area (Å²) < 4.78 is 1.51. The van der Waals surface area contributed by atoms with Gasteiger partial charge in [-0.1, -0.05) is 44.5 Å². The molecule has 0 saturated heterocycles. The molecule has 4 heteroatoms. The van der Waals surface area contributed by atoms with Gasteiger partial charge in [-0.25, -0.2) is 4.68 Å². The van der Waals surface area contributed by atoms with Crippen LogP contribution in [0.25, 0.3) is 0 Å². The van der Waals surface area contributed by atoms with Crippen LogP contribution in [0.1, 0.15) is 49.6 Å². The summed E-state index contributed by atoms with van der Waals surface area (Å²) in [7, 11) is 0. The Bertz CT molecular complexity index is 631. The van der Waals surface area contributed by atoms with E-state index in [0.717, 1.165) is 30.5 Å². The number of nitrogens with zero attached hydrogens (tertiary/aromatic N) is 2. The zero-order valence-corrected chi connectivity index (χ0v) is 12.7. The molecule has 0 spiro atoms. The van der Waals surface area contributed by atoms with E-state index in [-0.39, 0.29) is 11.6 Å². The van der Waals surface area contributed by atoms with Gasteiger partial charge in [0.15, 0.2) is 0 Å². The highest BCUT2D eigenvalue weighted by Gasteiger charge is 2.12. The first kappa shape index (κ1) is 15.4. The van der Waals surface area contributed by atoms with E-state index in [9.17, 15) is 4.79 Å². The Morgan fingerprint density at radius 3 is 2.48 bits per heavy atom. The van der Waals surface area contributed by atoms with E-state index in [1.165, 1.54) is 10.2 Å². The van der Waals surface area contributed by atoms with Gasteiger partial charge < -0.3 is 5.73 Å². The van der Waals surface area contributed by atoms with Crippen molar-refractivity contribution in [2.75, 3.05) is 0 Å². The summed E-state index contributed by atoms with van der Waals surface area (Å²) in [6.07, 6.45) is 2.98. The second-order valence-electron chi connectivity index (χ2n) is 5.25. The van der Waals surface area contributed by atoms with Crippen LogP contribution in [0.2, 0.25) is 0 Å². The lowest BCUT2D eigenvalue weighted by molar-refractivity contribution is 0.527. The van der Waals surface area contributed by atoms with Crippen molar-refractivity contribution in [2.24, 2.45) is 5.73 Å². The van der Waals surface area contributed by atoms with Crippen LogP contribution in [0.5, 0.6) is 0 Å². The lowest BCUT2D eigenvalue weighted by atomic mass is 10.0. The number of aryl methyl sites for hydroxylation is 2. The minimum Gasteiger partial charge on any atom is -0.319 e. The summed E-state index contributed by atoms with van der Waals surface area (Å²) in [6.45, 7) is 4.86. The molecule has 0 aliphatic carbocycles. The lowest BCUT2D eigenvalue weighted by Crippen LogP contribution is -2.26. The van der Waals surface area contributed by atoms with Crippen LogP contribution in [0, 0.1) is 0 Å². The predicted octanol–water partition coefficient (Wildman–Crippen LogP) is 2.65. The molecule has 0 saturated carbocycles. The molecule has 0 fully saturated rings. The third kappa shape index (κ3) is 3.79. The Morgan fingerprint density at radius 1 is 1.14 bits per heavy atom. The van der Waals surface area contributed by atoms with Crippen molar-refractivity contribution in [3.63, 3.8) is 0 Å². The van der Waals surface area contributed by atoms with Crippen LogP contribution < -0.4 is 11.3 Å². The summed E-state index contributed by atoms with van der Waals surface area (Å²) in [5.74, 6) is 0. The summed E-state index contributed by atoms with van der Waals surface area (Å²) in [5.41, 5.74) is 9.24. The minimum atomic E-state index is -0.301.